The summed E-state index contributed by atoms with van der Waals surface area (Å²) in [6.07, 6.45) is 7.06. The maximum atomic E-state index is 12.8. The summed E-state index contributed by atoms with van der Waals surface area (Å²) in [6, 6.07) is 0. The van der Waals surface area contributed by atoms with Gasteiger partial charge in [0.05, 0.1) is 19.6 Å². The smallest absolute Gasteiger partial charge is 0.308 e. The molecule has 5 aliphatic rings. The number of morpholine rings is 1. The fourth-order valence-corrected chi connectivity index (χ4v) is 5.97. The molecule has 150 valence electrons. The van der Waals surface area contributed by atoms with Crippen LogP contribution in [0.3, 0.4) is 0 Å². The monoisotopic (exact) mass is 378 g/mol. The van der Waals surface area contributed by atoms with Gasteiger partial charge in [0.25, 0.3) is 5.91 Å². The molecule has 0 atom stereocenters. The Morgan fingerprint density at radius 2 is 1.59 bits per heavy atom. The Morgan fingerprint density at radius 1 is 1.00 bits per heavy atom. The van der Waals surface area contributed by atoms with Crippen molar-refractivity contribution in [3.63, 3.8) is 0 Å². The minimum Gasteiger partial charge on any atom is -0.456 e. The predicted octanol–water partition coefficient (Wildman–Crippen LogP) is 1.11. The van der Waals surface area contributed by atoms with E-state index in [9.17, 15) is 14.4 Å². The van der Waals surface area contributed by atoms with Gasteiger partial charge in [-0.25, -0.2) is 0 Å². The molecule has 0 aromatic heterocycles. The Morgan fingerprint density at radius 3 is 2.19 bits per heavy atom. The van der Waals surface area contributed by atoms with Crippen molar-refractivity contribution in [3.05, 3.63) is 0 Å². The first-order valence-corrected chi connectivity index (χ1v) is 10.3. The van der Waals surface area contributed by atoms with E-state index in [0.29, 0.717) is 26.3 Å². The van der Waals surface area contributed by atoms with Gasteiger partial charge in [-0.3, -0.25) is 14.4 Å². The lowest BCUT2D eigenvalue weighted by atomic mass is 9.49. The van der Waals surface area contributed by atoms with E-state index >= 15 is 0 Å². The topological polar surface area (TPSA) is 84.9 Å². The summed E-state index contributed by atoms with van der Waals surface area (Å²) in [5.74, 6) is 1.65. The molecule has 7 heteroatoms. The van der Waals surface area contributed by atoms with Gasteiger partial charge in [0.1, 0.15) is 0 Å². The largest absolute Gasteiger partial charge is 0.456 e. The maximum Gasteiger partial charge on any atom is 0.308 e. The van der Waals surface area contributed by atoms with Crippen molar-refractivity contribution in [1.82, 2.24) is 10.2 Å². The lowest BCUT2D eigenvalue weighted by Crippen LogP contribution is -2.53. The molecule has 27 heavy (non-hydrogen) atoms. The zero-order valence-corrected chi connectivity index (χ0v) is 15.9. The minimum atomic E-state index is -0.442. The van der Waals surface area contributed by atoms with Crippen LogP contribution >= 0.6 is 0 Å². The molecule has 7 nitrogen and oxygen atoms in total. The Labute approximate surface area is 160 Å². The molecule has 1 heterocycles. The summed E-state index contributed by atoms with van der Waals surface area (Å²) >= 11 is 0. The maximum absolute atomic E-state index is 12.8. The van der Waals surface area contributed by atoms with E-state index in [1.165, 1.54) is 19.3 Å². The van der Waals surface area contributed by atoms with Crippen molar-refractivity contribution < 1.29 is 23.9 Å². The number of nitrogens with one attached hydrogen (secondary N) is 1. The fraction of sp³-hybridized carbons (Fsp3) is 0.850. The Bertz CT molecular complexity index is 564. The van der Waals surface area contributed by atoms with Crippen LogP contribution in [0.4, 0.5) is 0 Å². The average molecular weight is 378 g/mol. The Kier molecular flexibility index (Phi) is 5.39. The number of carbonyl (C=O) groups excluding carboxylic acids is 3. The van der Waals surface area contributed by atoms with Crippen LogP contribution in [0, 0.1) is 23.2 Å². The van der Waals surface area contributed by atoms with E-state index in [-0.39, 0.29) is 36.8 Å². The molecule has 5 fully saturated rings. The van der Waals surface area contributed by atoms with E-state index in [2.05, 4.69) is 5.32 Å². The second-order valence-electron chi connectivity index (χ2n) is 8.86. The van der Waals surface area contributed by atoms with Crippen molar-refractivity contribution in [2.45, 2.75) is 44.9 Å². The second-order valence-corrected chi connectivity index (χ2v) is 8.86. The van der Waals surface area contributed by atoms with Crippen LogP contribution in [0.2, 0.25) is 0 Å². The highest BCUT2D eigenvalue weighted by atomic mass is 16.5. The van der Waals surface area contributed by atoms with Gasteiger partial charge in [0.2, 0.25) is 5.91 Å². The molecule has 4 bridgehead atoms. The van der Waals surface area contributed by atoms with Crippen LogP contribution in [-0.2, 0) is 23.9 Å². The van der Waals surface area contributed by atoms with Gasteiger partial charge in [0.15, 0.2) is 6.61 Å². The number of ether oxygens (including phenoxy) is 2. The summed E-state index contributed by atoms with van der Waals surface area (Å²) in [5, 5.41) is 2.97. The van der Waals surface area contributed by atoms with Gasteiger partial charge in [-0.2, -0.15) is 0 Å². The number of amides is 2. The Balaban J connectivity index is 1.17. The number of nitrogens with zero attached hydrogens (tertiary/aromatic N) is 1. The SMILES string of the molecule is O=C(CCNC(=O)C12CC3CC(CC(C3)C1)C2)OCC(=O)N1CCOCC1. The minimum absolute atomic E-state index is 0.106. The third kappa shape index (κ3) is 4.13. The standard InChI is InChI=1S/C20H30N2O5/c23-17(22-3-5-26-6-4-22)13-27-18(24)1-2-21-19(25)20-10-14-7-15(11-20)9-16(8-14)12-20/h14-16H,1-13H2,(H,21,25). The van der Waals surface area contributed by atoms with E-state index in [1.807, 2.05) is 0 Å². The van der Waals surface area contributed by atoms with Crippen LogP contribution in [0.15, 0.2) is 0 Å². The van der Waals surface area contributed by atoms with Crippen molar-refractivity contribution >= 4 is 17.8 Å². The molecule has 4 aliphatic carbocycles. The number of carbonyl (C=O) groups is 3. The van der Waals surface area contributed by atoms with Crippen molar-refractivity contribution in [2.75, 3.05) is 39.5 Å². The molecule has 0 spiro atoms. The van der Waals surface area contributed by atoms with Crippen molar-refractivity contribution in [1.29, 1.82) is 0 Å². The first-order chi connectivity index (χ1) is 13.0. The summed E-state index contributed by atoms with van der Waals surface area (Å²) < 4.78 is 10.3. The first kappa shape index (κ1) is 18.7. The van der Waals surface area contributed by atoms with Crippen LogP contribution in [0.25, 0.3) is 0 Å². The lowest BCUT2D eigenvalue weighted by Gasteiger charge is -2.55. The molecule has 0 aromatic carbocycles. The second kappa shape index (κ2) is 7.78. The lowest BCUT2D eigenvalue weighted by molar-refractivity contribution is -0.154. The Hall–Kier alpha value is -1.63. The zero-order chi connectivity index (χ0) is 18.9. The number of hydrogen-bond donors (Lipinski definition) is 1. The van der Waals surface area contributed by atoms with Gasteiger partial charge in [-0.1, -0.05) is 0 Å². The summed E-state index contributed by atoms with van der Waals surface area (Å²) in [6.45, 7) is 2.17. The third-order valence-corrected chi connectivity index (χ3v) is 6.86. The van der Waals surface area contributed by atoms with Crippen LogP contribution < -0.4 is 5.32 Å². The van der Waals surface area contributed by atoms with Crippen LogP contribution in [-0.4, -0.2) is 62.1 Å². The quantitative estimate of drug-likeness (QED) is 0.700. The van der Waals surface area contributed by atoms with Gasteiger partial charge in [-0.05, 0) is 56.3 Å². The third-order valence-electron chi connectivity index (χ3n) is 6.86. The highest BCUT2D eigenvalue weighted by molar-refractivity contribution is 5.84. The molecule has 4 saturated carbocycles. The van der Waals surface area contributed by atoms with Crippen LogP contribution in [0.1, 0.15) is 44.9 Å². The van der Waals surface area contributed by atoms with Gasteiger partial charge < -0.3 is 19.7 Å². The van der Waals surface area contributed by atoms with Crippen LogP contribution in [0.5, 0.6) is 0 Å². The van der Waals surface area contributed by atoms with Crippen molar-refractivity contribution in [2.24, 2.45) is 23.2 Å². The van der Waals surface area contributed by atoms with E-state index in [1.54, 1.807) is 4.90 Å². The molecule has 0 aromatic rings. The number of esters is 1. The molecular weight excluding hydrogens is 348 g/mol. The molecule has 0 radical (unpaired) electrons. The summed E-state index contributed by atoms with van der Waals surface area (Å²) in [4.78, 5) is 38.3. The van der Waals surface area contributed by atoms with Gasteiger partial charge in [0, 0.05) is 25.0 Å². The van der Waals surface area contributed by atoms with Crippen molar-refractivity contribution in [3.8, 4) is 0 Å². The number of hydrogen-bond acceptors (Lipinski definition) is 5. The molecule has 5 rings (SSSR count). The molecular formula is C20H30N2O5. The predicted molar refractivity (Wildman–Crippen MR) is 96.6 cm³/mol. The summed E-state index contributed by atoms with van der Waals surface area (Å²) in [5.41, 5.74) is -0.190. The highest BCUT2D eigenvalue weighted by Gasteiger charge is 2.54. The fourth-order valence-electron chi connectivity index (χ4n) is 5.97. The van der Waals surface area contributed by atoms with E-state index in [0.717, 1.165) is 37.0 Å². The van der Waals surface area contributed by atoms with Gasteiger partial charge >= 0.3 is 5.97 Å². The molecule has 1 saturated heterocycles. The zero-order valence-electron chi connectivity index (χ0n) is 15.9. The normalized spacial score (nSPS) is 34.4. The van der Waals surface area contributed by atoms with E-state index in [4.69, 9.17) is 9.47 Å². The average Bonchev–Trinajstić information content (AvgIpc) is 2.65. The number of rotatable bonds is 6. The molecule has 1 N–H and O–H groups in total. The van der Waals surface area contributed by atoms with E-state index < -0.39 is 5.97 Å². The molecule has 2 amide bonds. The summed E-state index contributed by atoms with van der Waals surface area (Å²) in [7, 11) is 0. The molecule has 0 unspecified atom stereocenters. The molecule has 1 aliphatic heterocycles. The van der Waals surface area contributed by atoms with Gasteiger partial charge in [-0.15, -0.1) is 0 Å². The first-order valence-electron chi connectivity index (χ1n) is 10.3. The highest BCUT2D eigenvalue weighted by Crippen LogP contribution is 2.60.